The third kappa shape index (κ3) is 2.51. The minimum atomic E-state index is 0.657. The Balaban J connectivity index is 1.52. The van der Waals surface area contributed by atoms with Crippen LogP contribution in [0.3, 0.4) is 0 Å². The first-order valence-corrected chi connectivity index (χ1v) is 7.93. The lowest BCUT2D eigenvalue weighted by Crippen LogP contribution is -1.88. The van der Waals surface area contributed by atoms with Gasteiger partial charge in [-0.3, -0.25) is 4.40 Å². The Bertz CT molecular complexity index is 898. The van der Waals surface area contributed by atoms with Gasteiger partial charge in [-0.05, 0) is 24.3 Å². The highest BCUT2D eigenvalue weighted by atomic mass is 32.2. The molecule has 4 rings (SSSR count). The zero-order valence-electron chi connectivity index (χ0n) is 11.7. The molecule has 1 aromatic carbocycles. The Morgan fingerprint density at radius 2 is 1.91 bits per heavy atom. The Labute approximate surface area is 131 Å². The summed E-state index contributed by atoms with van der Waals surface area (Å²) in [6, 6.07) is 16.0. The smallest absolute Gasteiger partial charge is 0.226 e. The third-order valence-electron chi connectivity index (χ3n) is 3.33. The maximum absolute atomic E-state index is 5.56. The normalized spacial score (nSPS) is 11.1. The molecule has 3 heterocycles. The minimum absolute atomic E-state index is 0.657. The van der Waals surface area contributed by atoms with Crippen molar-refractivity contribution in [2.45, 2.75) is 10.9 Å². The van der Waals surface area contributed by atoms with Crippen LogP contribution in [0.5, 0.6) is 0 Å². The van der Waals surface area contributed by atoms with E-state index in [1.165, 1.54) is 0 Å². The van der Waals surface area contributed by atoms with Crippen LogP contribution in [0.25, 0.3) is 17.0 Å². The molecular weight excluding hydrogens is 294 g/mol. The standard InChI is InChI=1S/C17H13N3OS/c1-2-6-13(7-3-1)16-19-14(11-21-16)12-22-17-18-10-15-8-4-5-9-20(15)17/h1-11H,12H2. The molecule has 22 heavy (non-hydrogen) atoms. The summed E-state index contributed by atoms with van der Waals surface area (Å²) >= 11 is 1.65. The molecule has 0 fully saturated rings. The second kappa shape index (κ2) is 5.69. The van der Waals surface area contributed by atoms with E-state index < -0.39 is 0 Å². The fourth-order valence-corrected chi connectivity index (χ4v) is 3.09. The van der Waals surface area contributed by atoms with Gasteiger partial charge >= 0.3 is 0 Å². The molecular formula is C17H13N3OS. The first-order valence-electron chi connectivity index (χ1n) is 6.95. The van der Waals surface area contributed by atoms with Gasteiger partial charge in [-0.1, -0.05) is 36.0 Å². The zero-order valence-corrected chi connectivity index (χ0v) is 12.5. The second-order valence-corrected chi connectivity index (χ2v) is 5.78. The van der Waals surface area contributed by atoms with E-state index in [-0.39, 0.29) is 0 Å². The van der Waals surface area contributed by atoms with E-state index in [9.17, 15) is 0 Å². The summed E-state index contributed by atoms with van der Waals surface area (Å²) in [7, 11) is 0. The topological polar surface area (TPSA) is 43.3 Å². The Kier molecular flexibility index (Phi) is 3.40. The molecule has 3 aromatic heterocycles. The number of oxazole rings is 1. The van der Waals surface area contributed by atoms with Crippen LogP contribution < -0.4 is 0 Å². The first kappa shape index (κ1) is 13.2. The van der Waals surface area contributed by atoms with Crippen molar-refractivity contribution in [2.75, 3.05) is 0 Å². The molecule has 0 bridgehead atoms. The van der Waals surface area contributed by atoms with Crippen molar-refractivity contribution in [1.29, 1.82) is 0 Å². The lowest BCUT2D eigenvalue weighted by atomic mass is 10.2. The van der Waals surface area contributed by atoms with Crippen LogP contribution in [0.15, 0.2) is 76.8 Å². The number of benzene rings is 1. The molecule has 0 saturated heterocycles. The van der Waals surface area contributed by atoms with Gasteiger partial charge in [-0.2, -0.15) is 0 Å². The van der Waals surface area contributed by atoms with E-state index in [4.69, 9.17) is 4.42 Å². The molecule has 108 valence electrons. The summed E-state index contributed by atoms with van der Waals surface area (Å²) < 4.78 is 7.63. The van der Waals surface area contributed by atoms with Crippen molar-refractivity contribution in [1.82, 2.24) is 14.4 Å². The monoisotopic (exact) mass is 307 g/mol. The minimum Gasteiger partial charge on any atom is -0.444 e. The van der Waals surface area contributed by atoms with Crippen LogP contribution in [0.2, 0.25) is 0 Å². The highest BCUT2D eigenvalue weighted by Crippen LogP contribution is 2.24. The zero-order chi connectivity index (χ0) is 14.8. The van der Waals surface area contributed by atoms with Gasteiger partial charge in [0.05, 0.1) is 17.4 Å². The Hall–Kier alpha value is -2.53. The highest BCUT2D eigenvalue weighted by molar-refractivity contribution is 7.98. The maximum Gasteiger partial charge on any atom is 0.226 e. The summed E-state index contributed by atoms with van der Waals surface area (Å²) in [5, 5.41) is 0.958. The molecule has 0 radical (unpaired) electrons. The fourth-order valence-electron chi connectivity index (χ4n) is 2.25. The van der Waals surface area contributed by atoms with Crippen LogP contribution in [-0.2, 0) is 5.75 Å². The SMILES string of the molecule is c1ccc(-c2nc(CSc3ncc4ccccn34)co2)cc1. The molecule has 0 aliphatic carbocycles. The number of imidazole rings is 1. The van der Waals surface area contributed by atoms with Crippen LogP contribution in [-0.4, -0.2) is 14.4 Å². The van der Waals surface area contributed by atoms with Crippen molar-refractivity contribution in [3.63, 3.8) is 0 Å². The lowest BCUT2D eigenvalue weighted by Gasteiger charge is -1.98. The van der Waals surface area contributed by atoms with E-state index >= 15 is 0 Å². The van der Waals surface area contributed by atoms with Gasteiger partial charge in [0.15, 0.2) is 5.16 Å². The molecule has 0 N–H and O–H groups in total. The molecule has 0 aliphatic heterocycles. The van der Waals surface area contributed by atoms with E-state index in [0.29, 0.717) is 5.89 Å². The van der Waals surface area contributed by atoms with E-state index in [0.717, 1.165) is 27.7 Å². The number of fused-ring (bicyclic) bond motifs is 1. The van der Waals surface area contributed by atoms with E-state index in [2.05, 4.69) is 14.4 Å². The summed E-state index contributed by atoms with van der Waals surface area (Å²) in [5.74, 6) is 1.38. The van der Waals surface area contributed by atoms with Gasteiger partial charge in [0, 0.05) is 17.5 Å². The van der Waals surface area contributed by atoms with Crippen LogP contribution in [0.1, 0.15) is 5.69 Å². The van der Waals surface area contributed by atoms with Crippen molar-refractivity contribution >= 4 is 17.3 Å². The third-order valence-corrected chi connectivity index (χ3v) is 4.33. The first-order chi connectivity index (χ1) is 10.9. The van der Waals surface area contributed by atoms with Gasteiger partial charge in [0.25, 0.3) is 0 Å². The average molecular weight is 307 g/mol. The lowest BCUT2D eigenvalue weighted by molar-refractivity contribution is 0.573. The van der Waals surface area contributed by atoms with Crippen molar-refractivity contribution in [3.05, 3.63) is 72.9 Å². The summed E-state index contributed by atoms with van der Waals surface area (Å²) in [5.41, 5.74) is 3.00. The molecule has 5 heteroatoms. The van der Waals surface area contributed by atoms with Crippen LogP contribution in [0.4, 0.5) is 0 Å². The van der Waals surface area contributed by atoms with Gasteiger partial charge in [-0.15, -0.1) is 0 Å². The Morgan fingerprint density at radius 1 is 1.05 bits per heavy atom. The number of hydrogen-bond acceptors (Lipinski definition) is 4. The molecule has 4 aromatic rings. The number of nitrogens with zero attached hydrogens (tertiary/aromatic N) is 3. The van der Waals surface area contributed by atoms with Gasteiger partial charge in [0.1, 0.15) is 6.26 Å². The average Bonchev–Trinajstić information content (AvgIpc) is 3.21. The van der Waals surface area contributed by atoms with Crippen molar-refractivity contribution in [2.24, 2.45) is 0 Å². The summed E-state index contributed by atoms with van der Waals surface area (Å²) in [6.45, 7) is 0. The number of hydrogen-bond donors (Lipinski definition) is 0. The summed E-state index contributed by atoms with van der Waals surface area (Å²) in [6.07, 6.45) is 5.61. The number of aromatic nitrogens is 3. The molecule has 0 spiro atoms. The predicted octanol–water partition coefficient (Wildman–Crippen LogP) is 4.28. The van der Waals surface area contributed by atoms with Gasteiger partial charge < -0.3 is 4.42 Å². The molecule has 0 saturated carbocycles. The number of thioether (sulfide) groups is 1. The number of rotatable bonds is 4. The second-order valence-electron chi connectivity index (χ2n) is 4.83. The molecule has 0 aliphatic rings. The molecule has 0 unspecified atom stereocenters. The fraction of sp³-hybridized carbons (Fsp3) is 0.0588. The van der Waals surface area contributed by atoms with E-state index in [1.54, 1.807) is 18.0 Å². The maximum atomic E-state index is 5.56. The molecule has 0 atom stereocenters. The highest BCUT2D eigenvalue weighted by Gasteiger charge is 2.09. The number of pyridine rings is 1. The quantitative estimate of drug-likeness (QED) is 0.528. The summed E-state index contributed by atoms with van der Waals surface area (Å²) in [4.78, 5) is 8.98. The molecule has 0 amide bonds. The van der Waals surface area contributed by atoms with Crippen molar-refractivity contribution in [3.8, 4) is 11.5 Å². The largest absolute Gasteiger partial charge is 0.444 e. The Morgan fingerprint density at radius 3 is 2.82 bits per heavy atom. The predicted molar refractivity (Wildman–Crippen MR) is 86.7 cm³/mol. The van der Waals surface area contributed by atoms with Crippen molar-refractivity contribution < 1.29 is 4.42 Å². The van der Waals surface area contributed by atoms with Gasteiger partial charge in [-0.25, -0.2) is 9.97 Å². The van der Waals surface area contributed by atoms with Crippen LogP contribution >= 0.6 is 11.8 Å². The molecule has 4 nitrogen and oxygen atoms in total. The van der Waals surface area contributed by atoms with E-state index in [1.807, 2.05) is 60.9 Å². The van der Waals surface area contributed by atoms with Crippen LogP contribution in [0, 0.1) is 0 Å². The van der Waals surface area contributed by atoms with Gasteiger partial charge in [0.2, 0.25) is 5.89 Å².